The Kier molecular flexibility index (Phi) is 9.65. The van der Waals surface area contributed by atoms with Gasteiger partial charge in [0.15, 0.2) is 5.76 Å². The van der Waals surface area contributed by atoms with Gasteiger partial charge in [-0.25, -0.2) is 4.98 Å². The normalized spacial score (nSPS) is 9.42. The summed E-state index contributed by atoms with van der Waals surface area (Å²) in [6.07, 6.45) is 2.44. The summed E-state index contributed by atoms with van der Waals surface area (Å²) in [4.78, 5) is 14.1. The molecule has 0 atom stereocenters. The Bertz CT molecular complexity index is 762. The summed E-state index contributed by atoms with van der Waals surface area (Å²) in [6.45, 7) is 5.50. The molecule has 3 rings (SSSR count). The molecule has 2 aromatic carbocycles. The van der Waals surface area contributed by atoms with Crippen LogP contribution in [0.1, 0.15) is 25.8 Å². The number of oxazole rings is 1. The van der Waals surface area contributed by atoms with Gasteiger partial charge < -0.3 is 13.9 Å². The number of hydrogen-bond donors (Lipinski definition) is 0. The quantitative estimate of drug-likeness (QED) is 0.618. The maximum absolute atomic E-state index is 9.81. The van der Waals surface area contributed by atoms with Gasteiger partial charge in [-0.3, -0.25) is 0 Å². The molecule has 138 valence electrons. The van der Waals surface area contributed by atoms with E-state index < -0.39 is 0 Å². The number of benzene rings is 2. The summed E-state index contributed by atoms with van der Waals surface area (Å²) in [5.41, 5.74) is 3.28. The zero-order chi connectivity index (χ0) is 19.4. The molecule has 0 bridgehead atoms. The number of rotatable bonds is 3. The molecule has 0 aliphatic carbocycles. The molecule has 0 saturated heterocycles. The number of aromatic nitrogens is 1. The number of nitrogens with zero attached hydrogens (tertiary/aromatic N) is 1. The van der Waals surface area contributed by atoms with Crippen molar-refractivity contribution in [2.24, 2.45) is 0 Å². The smallest absolute Gasteiger partial charge is 0.226 e. The third-order valence-electron chi connectivity index (χ3n) is 3.36. The number of aryl methyl sites for hydroxylation is 1. The van der Waals surface area contributed by atoms with Crippen LogP contribution in [0.4, 0.5) is 0 Å². The van der Waals surface area contributed by atoms with Gasteiger partial charge in [0, 0.05) is 31.8 Å². The summed E-state index contributed by atoms with van der Waals surface area (Å²) in [5.74, 6) is 1.71. The van der Waals surface area contributed by atoms with Crippen LogP contribution in [0.2, 0.25) is 0 Å². The molecule has 0 amide bonds. The number of Topliss-reactive ketones (excluding diaryl/α,β-unsaturated/α-hetero) is 1. The van der Waals surface area contributed by atoms with Crippen LogP contribution < -0.4 is 0 Å². The highest BCUT2D eigenvalue weighted by atomic mass is 16.4. The van der Waals surface area contributed by atoms with Crippen molar-refractivity contribution in [3.63, 3.8) is 0 Å². The van der Waals surface area contributed by atoms with Crippen LogP contribution in [0.3, 0.4) is 0 Å². The van der Waals surface area contributed by atoms with Crippen molar-refractivity contribution in [2.45, 2.75) is 27.2 Å². The van der Waals surface area contributed by atoms with Crippen LogP contribution in [0.15, 0.2) is 65.2 Å². The zero-order valence-corrected chi connectivity index (χ0v) is 16.2. The minimum atomic E-state index is 0.255. The molecule has 0 spiro atoms. The first kappa shape index (κ1) is 21.3. The fraction of sp³-hybridized carbons (Fsp3) is 0.273. The Hall–Kier alpha value is -2.72. The van der Waals surface area contributed by atoms with Crippen LogP contribution in [0, 0.1) is 6.92 Å². The summed E-state index contributed by atoms with van der Waals surface area (Å²) in [6, 6.07) is 18.1. The minimum Gasteiger partial charge on any atom is -0.436 e. The van der Waals surface area contributed by atoms with Crippen molar-refractivity contribution < 1.29 is 13.9 Å². The van der Waals surface area contributed by atoms with Crippen LogP contribution in [0.5, 0.6) is 0 Å². The van der Waals surface area contributed by atoms with Crippen LogP contribution in [-0.4, -0.2) is 25.0 Å². The number of carbonyl (C=O) groups excluding carboxylic acids is 1. The lowest BCUT2D eigenvalue weighted by atomic mass is 10.1. The molecule has 0 N–H and O–H groups in total. The molecule has 4 heteroatoms. The molecule has 1 heterocycles. The first-order valence-corrected chi connectivity index (χ1v) is 8.49. The predicted octanol–water partition coefficient (Wildman–Crippen LogP) is 5.57. The van der Waals surface area contributed by atoms with Crippen molar-refractivity contribution in [3.8, 4) is 22.8 Å². The van der Waals surface area contributed by atoms with E-state index in [2.05, 4.69) is 28.8 Å². The summed E-state index contributed by atoms with van der Waals surface area (Å²) < 4.78 is 10.0. The first-order valence-electron chi connectivity index (χ1n) is 8.49. The van der Waals surface area contributed by atoms with Gasteiger partial charge in [0.2, 0.25) is 5.89 Å². The van der Waals surface area contributed by atoms with E-state index in [4.69, 9.17) is 4.42 Å². The van der Waals surface area contributed by atoms with E-state index in [1.807, 2.05) is 49.4 Å². The van der Waals surface area contributed by atoms with E-state index in [9.17, 15) is 4.79 Å². The lowest BCUT2D eigenvalue weighted by Crippen LogP contribution is -1.80. The number of methoxy groups -OCH3 is 1. The van der Waals surface area contributed by atoms with Gasteiger partial charge >= 0.3 is 0 Å². The van der Waals surface area contributed by atoms with Crippen LogP contribution in [0.25, 0.3) is 22.8 Å². The van der Waals surface area contributed by atoms with E-state index in [-0.39, 0.29) is 5.78 Å². The second-order valence-corrected chi connectivity index (χ2v) is 5.73. The Balaban J connectivity index is 0.000000361. The van der Waals surface area contributed by atoms with Gasteiger partial charge in [-0.2, -0.15) is 0 Å². The number of ether oxygens (including phenoxy) is 1. The van der Waals surface area contributed by atoms with E-state index in [0.29, 0.717) is 12.3 Å². The molecule has 3 aromatic rings. The third-order valence-corrected chi connectivity index (χ3v) is 3.36. The molecule has 4 nitrogen and oxygen atoms in total. The maximum atomic E-state index is 9.81. The molecular weight excluding hydrogens is 326 g/mol. The second kappa shape index (κ2) is 11.8. The van der Waals surface area contributed by atoms with Gasteiger partial charge in [0.25, 0.3) is 0 Å². The first-order chi connectivity index (χ1) is 12.5. The van der Waals surface area contributed by atoms with Crippen LogP contribution >= 0.6 is 0 Å². The predicted molar refractivity (Wildman–Crippen MR) is 106 cm³/mol. The summed E-state index contributed by atoms with van der Waals surface area (Å²) >= 11 is 0. The average Bonchev–Trinajstić information content (AvgIpc) is 3.14. The Morgan fingerprint density at radius 1 is 1.00 bits per heavy atom. The van der Waals surface area contributed by atoms with Gasteiger partial charge in [-0.05, 0) is 26.0 Å². The summed E-state index contributed by atoms with van der Waals surface area (Å²) in [7, 11) is 3.25. The summed E-state index contributed by atoms with van der Waals surface area (Å²) in [5, 5.41) is 0. The number of carbonyl (C=O) groups is 1. The van der Waals surface area contributed by atoms with Gasteiger partial charge in [0.05, 0.1) is 6.20 Å². The molecule has 0 unspecified atom stereocenters. The Morgan fingerprint density at radius 2 is 1.54 bits per heavy atom. The van der Waals surface area contributed by atoms with Gasteiger partial charge in [-0.15, -0.1) is 0 Å². The Morgan fingerprint density at radius 3 is 2.04 bits per heavy atom. The molecule has 0 radical (unpaired) electrons. The lowest BCUT2D eigenvalue weighted by Gasteiger charge is -1.97. The number of hydrogen-bond acceptors (Lipinski definition) is 4. The monoisotopic (exact) mass is 353 g/mol. The topological polar surface area (TPSA) is 52.3 Å². The standard InChI is InChI=1S/C16H13NO.C4H8O.C2H6O/c1-12-7-9-13(10-8-12)15-11-17-16(18-15)14-5-3-2-4-6-14;1-3-4(2)5;1-3-2/h2-11H,1H3;3H2,1-2H3;1-2H3. The fourth-order valence-corrected chi connectivity index (χ4v) is 1.84. The highest BCUT2D eigenvalue weighted by Crippen LogP contribution is 2.25. The maximum Gasteiger partial charge on any atom is 0.226 e. The van der Waals surface area contributed by atoms with Crippen molar-refractivity contribution >= 4 is 5.78 Å². The van der Waals surface area contributed by atoms with E-state index in [1.165, 1.54) is 5.56 Å². The molecule has 0 saturated carbocycles. The molecule has 1 aromatic heterocycles. The van der Waals surface area contributed by atoms with Crippen LogP contribution in [-0.2, 0) is 9.53 Å². The lowest BCUT2D eigenvalue weighted by molar-refractivity contribution is -0.116. The molecule has 0 aliphatic heterocycles. The molecule has 26 heavy (non-hydrogen) atoms. The highest BCUT2D eigenvalue weighted by molar-refractivity contribution is 5.74. The molecule has 0 fully saturated rings. The van der Waals surface area contributed by atoms with Crippen molar-refractivity contribution in [1.82, 2.24) is 4.98 Å². The third kappa shape index (κ3) is 7.45. The van der Waals surface area contributed by atoms with Crippen molar-refractivity contribution in [1.29, 1.82) is 0 Å². The minimum absolute atomic E-state index is 0.255. The van der Waals surface area contributed by atoms with Gasteiger partial charge in [-0.1, -0.05) is 55.0 Å². The van der Waals surface area contributed by atoms with E-state index in [0.717, 1.165) is 16.9 Å². The van der Waals surface area contributed by atoms with E-state index in [1.54, 1.807) is 27.3 Å². The fourth-order valence-electron chi connectivity index (χ4n) is 1.84. The molecular formula is C22H27NO3. The van der Waals surface area contributed by atoms with Crippen molar-refractivity contribution in [3.05, 3.63) is 66.4 Å². The largest absolute Gasteiger partial charge is 0.436 e. The SMILES string of the molecule is CCC(C)=O.COC.Cc1ccc(-c2cnc(-c3ccccc3)o2)cc1. The molecule has 0 aliphatic rings. The highest BCUT2D eigenvalue weighted by Gasteiger charge is 2.07. The second-order valence-electron chi connectivity index (χ2n) is 5.73. The van der Waals surface area contributed by atoms with E-state index >= 15 is 0 Å². The Labute approximate surface area is 155 Å². The van der Waals surface area contributed by atoms with Crippen molar-refractivity contribution in [2.75, 3.05) is 14.2 Å². The average molecular weight is 353 g/mol. The number of ketones is 1. The van der Waals surface area contributed by atoms with Gasteiger partial charge in [0.1, 0.15) is 5.78 Å². The zero-order valence-electron chi connectivity index (χ0n) is 16.2.